The number of carbonyl (C=O) groups excluding carboxylic acids is 1. The van der Waals surface area contributed by atoms with Crippen LogP contribution in [0.15, 0.2) is 47.6 Å². The molecular formula is C27H29N3O4. The zero-order valence-corrected chi connectivity index (χ0v) is 19.3. The molecule has 3 aromatic rings. The van der Waals surface area contributed by atoms with Crippen LogP contribution in [0, 0.1) is 5.92 Å². The van der Waals surface area contributed by atoms with E-state index in [9.17, 15) is 9.90 Å². The van der Waals surface area contributed by atoms with E-state index in [-0.39, 0.29) is 11.9 Å². The zero-order valence-electron chi connectivity index (χ0n) is 19.3. The van der Waals surface area contributed by atoms with Gasteiger partial charge in [-0.1, -0.05) is 17.3 Å². The highest BCUT2D eigenvalue weighted by Crippen LogP contribution is 2.44. The van der Waals surface area contributed by atoms with Crippen LogP contribution in [0.3, 0.4) is 0 Å². The Morgan fingerprint density at radius 2 is 1.97 bits per heavy atom. The minimum absolute atomic E-state index is 0.0502. The second-order valence-electron chi connectivity index (χ2n) is 9.65. The number of ether oxygens (including phenoxy) is 1. The van der Waals surface area contributed by atoms with Crippen LogP contribution >= 0.6 is 0 Å². The van der Waals surface area contributed by atoms with Crippen LogP contribution in [-0.2, 0) is 9.57 Å². The number of carbonyl (C=O) groups is 1. The van der Waals surface area contributed by atoms with Crippen LogP contribution in [-0.4, -0.2) is 34.2 Å². The normalized spacial score (nSPS) is 18.8. The third kappa shape index (κ3) is 3.79. The van der Waals surface area contributed by atoms with Gasteiger partial charge in [0, 0.05) is 35.2 Å². The van der Waals surface area contributed by atoms with E-state index in [0.29, 0.717) is 24.3 Å². The van der Waals surface area contributed by atoms with Gasteiger partial charge in [-0.05, 0) is 74.8 Å². The largest absolute Gasteiger partial charge is 0.508 e. The number of benzene rings is 2. The van der Waals surface area contributed by atoms with Crippen molar-refractivity contribution < 1.29 is 19.5 Å². The van der Waals surface area contributed by atoms with Crippen LogP contribution < -0.4 is 5.32 Å². The second kappa shape index (κ2) is 8.38. The van der Waals surface area contributed by atoms with E-state index in [1.165, 1.54) is 6.42 Å². The van der Waals surface area contributed by atoms with Gasteiger partial charge in [0.25, 0.3) is 0 Å². The lowest BCUT2D eigenvalue weighted by Crippen LogP contribution is -2.21. The van der Waals surface area contributed by atoms with Crippen molar-refractivity contribution in [3.63, 3.8) is 0 Å². The maximum Gasteiger partial charge on any atom is 0.411 e. The van der Waals surface area contributed by atoms with Crippen molar-refractivity contribution in [2.75, 3.05) is 11.9 Å². The molecule has 34 heavy (non-hydrogen) atoms. The standard InChI is InChI=1S/C27H29N3O4/c1-16(17-5-6-17)34-27(32)28-19-9-7-18(8-10-19)26-25(23-13-14-33-29-23)22-12-11-21(31)15-24(22)30(26)20-3-2-4-20/h7-12,15-17,20,31H,2-6,13-14H2,1H3,(H,28,32). The molecule has 7 heteroatoms. The average molecular weight is 460 g/mol. The van der Waals surface area contributed by atoms with Gasteiger partial charge in [-0.25, -0.2) is 4.79 Å². The third-order valence-electron chi connectivity index (χ3n) is 7.30. The Bertz CT molecular complexity index is 1270. The van der Waals surface area contributed by atoms with Gasteiger partial charge in [0.2, 0.25) is 0 Å². The maximum absolute atomic E-state index is 12.3. The van der Waals surface area contributed by atoms with E-state index in [0.717, 1.165) is 65.5 Å². The molecule has 2 aliphatic carbocycles. The number of nitrogens with one attached hydrogen (secondary N) is 1. The van der Waals surface area contributed by atoms with E-state index in [1.807, 2.05) is 43.3 Å². The molecule has 1 aromatic heterocycles. The van der Waals surface area contributed by atoms with E-state index >= 15 is 0 Å². The smallest absolute Gasteiger partial charge is 0.411 e. The SMILES string of the molecule is CC(OC(=O)Nc1ccc(-c2c(C3=NOCC3)c3ccc(O)cc3n2C2CCC2)cc1)C1CC1. The highest BCUT2D eigenvalue weighted by Gasteiger charge is 2.32. The van der Waals surface area contributed by atoms with Gasteiger partial charge in [0.15, 0.2) is 0 Å². The quantitative estimate of drug-likeness (QED) is 0.459. The Balaban J connectivity index is 1.38. The lowest BCUT2D eigenvalue weighted by molar-refractivity contribution is 0.108. The van der Waals surface area contributed by atoms with E-state index in [4.69, 9.17) is 9.57 Å². The first-order valence-corrected chi connectivity index (χ1v) is 12.2. The molecular weight excluding hydrogens is 430 g/mol. The molecule has 7 nitrogen and oxygen atoms in total. The molecule has 2 fully saturated rings. The van der Waals surface area contributed by atoms with E-state index in [2.05, 4.69) is 15.0 Å². The summed E-state index contributed by atoms with van der Waals surface area (Å²) < 4.78 is 7.86. The Morgan fingerprint density at radius 1 is 1.18 bits per heavy atom. The summed E-state index contributed by atoms with van der Waals surface area (Å²) >= 11 is 0. The number of fused-ring (bicyclic) bond motifs is 1. The van der Waals surface area contributed by atoms with Crippen LogP contribution in [0.2, 0.25) is 0 Å². The number of hydrogen-bond acceptors (Lipinski definition) is 5. The first kappa shape index (κ1) is 21.1. The molecule has 3 aliphatic rings. The number of anilines is 1. The predicted octanol–water partition coefficient (Wildman–Crippen LogP) is 6.21. The van der Waals surface area contributed by atoms with Crippen molar-refractivity contribution in [2.45, 2.75) is 57.6 Å². The first-order chi connectivity index (χ1) is 16.6. The van der Waals surface area contributed by atoms with Crippen LogP contribution in [0.4, 0.5) is 10.5 Å². The lowest BCUT2D eigenvalue weighted by atomic mass is 9.92. The number of amides is 1. The average Bonchev–Trinajstić information content (AvgIpc) is 3.42. The van der Waals surface area contributed by atoms with Gasteiger partial charge in [-0.2, -0.15) is 0 Å². The molecule has 176 valence electrons. The highest BCUT2D eigenvalue weighted by atomic mass is 16.6. The topological polar surface area (TPSA) is 85.1 Å². The summed E-state index contributed by atoms with van der Waals surface area (Å²) in [7, 11) is 0. The zero-order chi connectivity index (χ0) is 23.2. The minimum Gasteiger partial charge on any atom is -0.508 e. The second-order valence-corrected chi connectivity index (χ2v) is 9.65. The van der Waals surface area contributed by atoms with Gasteiger partial charge in [0.05, 0.1) is 16.9 Å². The molecule has 0 spiro atoms. The summed E-state index contributed by atoms with van der Waals surface area (Å²) in [4.78, 5) is 17.7. The Labute approximate surface area is 198 Å². The summed E-state index contributed by atoms with van der Waals surface area (Å²) in [6, 6.07) is 13.8. The summed E-state index contributed by atoms with van der Waals surface area (Å²) in [5.74, 6) is 0.758. The van der Waals surface area contributed by atoms with Crippen molar-refractivity contribution >= 4 is 28.4 Å². The van der Waals surface area contributed by atoms with E-state index in [1.54, 1.807) is 6.07 Å². The molecule has 1 amide bonds. The summed E-state index contributed by atoms with van der Waals surface area (Å²) in [5.41, 5.74) is 5.85. The van der Waals surface area contributed by atoms with Crippen molar-refractivity contribution in [2.24, 2.45) is 11.1 Å². The van der Waals surface area contributed by atoms with Crippen LogP contribution in [0.25, 0.3) is 22.2 Å². The Hall–Kier alpha value is -3.48. The predicted molar refractivity (Wildman–Crippen MR) is 131 cm³/mol. The number of nitrogens with zero attached hydrogens (tertiary/aromatic N) is 2. The van der Waals surface area contributed by atoms with Gasteiger partial charge in [-0.3, -0.25) is 5.32 Å². The van der Waals surface area contributed by atoms with Crippen molar-refractivity contribution in [1.82, 2.24) is 4.57 Å². The van der Waals surface area contributed by atoms with Gasteiger partial charge < -0.3 is 19.2 Å². The lowest BCUT2D eigenvalue weighted by Gasteiger charge is -2.30. The molecule has 2 saturated carbocycles. The highest BCUT2D eigenvalue weighted by molar-refractivity contribution is 6.16. The summed E-state index contributed by atoms with van der Waals surface area (Å²) in [5, 5.41) is 18.5. The number of rotatable bonds is 6. The number of hydrogen-bond donors (Lipinski definition) is 2. The van der Waals surface area contributed by atoms with E-state index < -0.39 is 6.09 Å². The van der Waals surface area contributed by atoms with Gasteiger partial charge in [-0.15, -0.1) is 0 Å². The Kier molecular flexibility index (Phi) is 5.20. The molecule has 0 radical (unpaired) electrons. The van der Waals surface area contributed by atoms with Gasteiger partial charge >= 0.3 is 6.09 Å². The molecule has 0 saturated heterocycles. The molecule has 1 unspecified atom stereocenters. The van der Waals surface area contributed by atoms with Crippen molar-refractivity contribution in [1.29, 1.82) is 0 Å². The summed E-state index contributed by atoms with van der Waals surface area (Å²) in [6.45, 7) is 2.53. The van der Waals surface area contributed by atoms with Crippen LogP contribution in [0.1, 0.15) is 57.1 Å². The number of phenolic OH excluding ortho intramolecular Hbond substituents is 1. The molecule has 1 atom stereocenters. The molecule has 2 heterocycles. The monoisotopic (exact) mass is 459 g/mol. The number of aromatic hydroxyl groups is 1. The number of phenols is 1. The van der Waals surface area contributed by atoms with Gasteiger partial charge in [0.1, 0.15) is 18.5 Å². The molecule has 2 N–H and O–H groups in total. The summed E-state index contributed by atoms with van der Waals surface area (Å²) in [6.07, 6.45) is 5.98. The fourth-order valence-electron chi connectivity index (χ4n) is 5.07. The van der Waals surface area contributed by atoms with Crippen molar-refractivity contribution in [3.8, 4) is 17.0 Å². The third-order valence-corrected chi connectivity index (χ3v) is 7.30. The molecule has 2 aromatic carbocycles. The van der Waals surface area contributed by atoms with Crippen molar-refractivity contribution in [3.05, 3.63) is 48.0 Å². The minimum atomic E-state index is -0.413. The van der Waals surface area contributed by atoms with Crippen LogP contribution in [0.5, 0.6) is 5.75 Å². The number of aromatic nitrogens is 1. The number of oxime groups is 1. The first-order valence-electron chi connectivity index (χ1n) is 12.2. The fraction of sp³-hybridized carbons (Fsp3) is 0.407. The maximum atomic E-state index is 12.3. The molecule has 1 aliphatic heterocycles. The molecule has 6 rings (SSSR count). The fourth-order valence-corrected chi connectivity index (χ4v) is 5.07. The molecule has 0 bridgehead atoms. The Morgan fingerprint density at radius 3 is 2.62 bits per heavy atom.